The average molecular weight is 207 g/mol. The Kier molecular flexibility index (Phi) is 2.98. The largest absolute Gasteiger partial charge is 0.260 e. The van der Waals surface area contributed by atoms with Crippen molar-refractivity contribution in [2.24, 2.45) is 0 Å². The Bertz CT molecular complexity index is 512. The highest BCUT2D eigenvalue weighted by atomic mass is 14.7. The first kappa shape index (κ1) is 10.4. The van der Waals surface area contributed by atoms with Gasteiger partial charge in [0.05, 0.1) is 23.2 Å². The molecule has 0 aliphatic carbocycles. The van der Waals surface area contributed by atoms with Crippen molar-refractivity contribution in [3.8, 4) is 6.07 Å². The van der Waals surface area contributed by atoms with Crippen molar-refractivity contribution in [1.29, 1.82) is 5.26 Å². The van der Waals surface area contributed by atoms with Crippen LogP contribution in [0.3, 0.4) is 0 Å². The third kappa shape index (κ3) is 1.94. The molecule has 1 heterocycles. The van der Waals surface area contributed by atoms with Gasteiger partial charge >= 0.3 is 0 Å². The molecule has 0 fully saturated rings. The molecule has 0 unspecified atom stereocenters. The lowest BCUT2D eigenvalue weighted by molar-refractivity contribution is 1.08. The molecule has 0 atom stereocenters. The monoisotopic (exact) mass is 207 g/mol. The van der Waals surface area contributed by atoms with Crippen LogP contribution in [0.4, 0.5) is 0 Å². The molecule has 0 saturated heterocycles. The lowest BCUT2D eigenvalue weighted by atomic mass is 9.93. The van der Waals surface area contributed by atoms with Gasteiger partial charge in [-0.15, -0.1) is 0 Å². The van der Waals surface area contributed by atoms with Crippen molar-refractivity contribution < 1.29 is 0 Å². The van der Waals surface area contributed by atoms with Gasteiger partial charge < -0.3 is 0 Å². The Morgan fingerprint density at radius 1 is 1.12 bits per heavy atom. The fourth-order valence-electron chi connectivity index (χ4n) is 1.63. The molecule has 0 amide bonds. The molecular formula is C14H11N2. The average Bonchev–Trinajstić information content (AvgIpc) is 2.39. The third-order valence-electron chi connectivity index (χ3n) is 2.50. The number of aromatic nitrogens is 1. The summed E-state index contributed by atoms with van der Waals surface area (Å²) in [7, 11) is 0. The minimum atomic E-state index is 0.686. The van der Waals surface area contributed by atoms with Gasteiger partial charge in [0.1, 0.15) is 0 Å². The van der Waals surface area contributed by atoms with E-state index in [4.69, 9.17) is 5.26 Å². The first-order valence-electron chi connectivity index (χ1n) is 5.07. The van der Waals surface area contributed by atoms with Gasteiger partial charge in [0.2, 0.25) is 0 Å². The van der Waals surface area contributed by atoms with E-state index in [0.29, 0.717) is 5.56 Å². The Morgan fingerprint density at radius 3 is 2.56 bits per heavy atom. The van der Waals surface area contributed by atoms with Gasteiger partial charge in [0.15, 0.2) is 0 Å². The van der Waals surface area contributed by atoms with Crippen LogP contribution in [0.15, 0.2) is 48.7 Å². The summed E-state index contributed by atoms with van der Waals surface area (Å²) >= 11 is 0. The first-order chi connectivity index (χ1) is 7.83. The van der Waals surface area contributed by atoms with Crippen LogP contribution in [0, 0.1) is 17.2 Å². The summed E-state index contributed by atoms with van der Waals surface area (Å²) in [6.07, 6.45) is 1.76. The van der Waals surface area contributed by atoms with Gasteiger partial charge in [-0.25, -0.2) is 0 Å². The number of nitriles is 1. The smallest absolute Gasteiger partial charge is 0.0994 e. The number of pyridine rings is 1. The van der Waals surface area contributed by atoms with Crippen LogP contribution < -0.4 is 0 Å². The van der Waals surface area contributed by atoms with E-state index in [-0.39, 0.29) is 0 Å². The highest BCUT2D eigenvalue weighted by Crippen LogP contribution is 2.23. The van der Waals surface area contributed by atoms with Crippen LogP contribution in [0.1, 0.15) is 23.7 Å². The molecule has 0 aliphatic heterocycles. The van der Waals surface area contributed by atoms with Crippen LogP contribution >= 0.6 is 0 Å². The summed E-state index contributed by atoms with van der Waals surface area (Å²) in [6, 6.07) is 15.5. The Balaban J connectivity index is 2.42. The van der Waals surface area contributed by atoms with Gasteiger partial charge in [-0.1, -0.05) is 24.3 Å². The zero-order valence-electron chi connectivity index (χ0n) is 9.01. The molecule has 2 heteroatoms. The zero-order valence-corrected chi connectivity index (χ0v) is 9.01. The standard InChI is InChI=1S/C14H11N2/c1-11(14-8-4-5-9-16-14)13-7-3-2-6-12(13)10-15/h2-9H,1H3. The minimum Gasteiger partial charge on any atom is -0.260 e. The lowest BCUT2D eigenvalue weighted by Crippen LogP contribution is -2.01. The fourth-order valence-corrected chi connectivity index (χ4v) is 1.63. The van der Waals surface area contributed by atoms with E-state index in [1.54, 1.807) is 6.20 Å². The second-order valence-corrected chi connectivity index (χ2v) is 3.50. The minimum absolute atomic E-state index is 0.686. The summed E-state index contributed by atoms with van der Waals surface area (Å²) in [5, 5.41) is 9.03. The molecule has 2 aromatic rings. The predicted octanol–water partition coefficient (Wildman–Crippen LogP) is 2.94. The molecule has 0 saturated carbocycles. The van der Waals surface area contributed by atoms with E-state index < -0.39 is 0 Å². The van der Waals surface area contributed by atoms with Crippen molar-refractivity contribution in [3.05, 3.63) is 71.4 Å². The molecule has 2 nitrogen and oxygen atoms in total. The van der Waals surface area contributed by atoms with Crippen molar-refractivity contribution in [2.45, 2.75) is 6.92 Å². The van der Waals surface area contributed by atoms with Crippen molar-refractivity contribution in [3.63, 3.8) is 0 Å². The second kappa shape index (κ2) is 4.59. The molecule has 2 rings (SSSR count). The fraction of sp³-hybridized carbons (Fsp3) is 0.0714. The molecule has 77 valence electrons. The maximum atomic E-state index is 9.03. The highest BCUT2D eigenvalue weighted by Gasteiger charge is 2.13. The maximum absolute atomic E-state index is 9.03. The zero-order chi connectivity index (χ0) is 11.4. The molecule has 16 heavy (non-hydrogen) atoms. The van der Waals surface area contributed by atoms with Gasteiger partial charge in [-0.05, 0) is 30.7 Å². The van der Waals surface area contributed by atoms with Crippen LogP contribution in [0.2, 0.25) is 0 Å². The summed E-state index contributed by atoms with van der Waals surface area (Å²) in [5.41, 5.74) is 2.54. The Hall–Kier alpha value is -2.14. The first-order valence-corrected chi connectivity index (χ1v) is 5.07. The highest BCUT2D eigenvalue weighted by molar-refractivity contribution is 5.50. The van der Waals surface area contributed by atoms with E-state index in [2.05, 4.69) is 11.1 Å². The van der Waals surface area contributed by atoms with E-state index in [9.17, 15) is 0 Å². The molecule has 0 bridgehead atoms. The summed E-state index contributed by atoms with van der Waals surface area (Å²) in [5.74, 6) is 1.03. The van der Waals surface area contributed by atoms with E-state index in [0.717, 1.165) is 17.2 Å². The van der Waals surface area contributed by atoms with Crippen LogP contribution in [-0.2, 0) is 0 Å². The maximum Gasteiger partial charge on any atom is 0.0994 e. The van der Waals surface area contributed by atoms with Crippen molar-refractivity contribution in [1.82, 2.24) is 4.98 Å². The SMILES string of the molecule is C[C](c1ccccn1)c1ccccc1C#N. The molecule has 0 spiro atoms. The van der Waals surface area contributed by atoms with Crippen molar-refractivity contribution in [2.75, 3.05) is 0 Å². The lowest BCUT2D eigenvalue weighted by Gasteiger charge is -2.11. The van der Waals surface area contributed by atoms with Gasteiger partial charge in [-0.3, -0.25) is 4.98 Å². The van der Waals surface area contributed by atoms with Crippen LogP contribution in [0.25, 0.3) is 0 Å². The molecule has 0 N–H and O–H groups in total. The number of nitrogens with zero attached hydrogens (tertiary/aromatic N) is 2. The normalized spacial score (nSPS) is 10.1. The number of rotatable bonds is 2. The second-order valence-electron chi connectivity index (χ2n) is 3.50. The van der Waals surface area contributed by atoms with Gasteiger partial charge in [-0.2, -0.15) is 5.26 Å². The van der Waals surface area contributed by atoms with Gasteiger partial charge in [0.25, 0.3) is 0 Å². The number of hydrogen-bond acceptors (Lipinski definition) is 2. The van der Waals surface area contributed by atoms with E-state index in [1.165, 1.54) is 0 Å². The summed E-state index contributed by atoms with van der Waals surface area (Å²) < 4.78 is 0. The molecule has 1 aromatic carbocycles. The molecule has 0 aliphatic rings. The van der Waals surface area contributed by atoms with Crippen LogP contribution in [0.5, 0.6) is 0 Å². The molecule has 1 aromatic heterocycles. The van der Waals surface area contributed by atoms with Crippen LogP contribution in [-0.4, -0.2) is 4.98 Å². The molecule has 1 radical (unpaired) electrons. The number of hydrogen-bond donors (Lipinski definition) is 0. The van der Waals surface area contributed by atoms with Crippen molar-refractivity contribution >= 4 is 0 Å². The van der Waals surface area contributed by atoms with Gasteiger partial charge in [0, 0.05) is 6.20 Å². The van der Waals surface area contributed by atoms with E-state index >= 15 is 0 Å². The summed E-state index contributed by atoms with van der Waals surface area (Å²) in [6.45, 7) is 1.98. The van der Waals surface area contributed by atoms with E-state index in [1.807, 2.05) is 49.4 Å². The molecular weight excluding hydrogens is 196 g/mol. The quantitative estimate of drug-likeness (QED) is 0.759. The predicted molar refractivity (Wildman–Crippen MR) is 62.5 cm³/mol. The summed E-state index contributed by atoms with van der Waals surface area (Å²) in [4.78, 5) is 4.28. The Morgan fingerprint density at radius 2 is 1.88 bits per heavy atom. The Labute approximate surface area is 95.2 Å². The topological polar surface area (TPSA) is 36.7 Å². The third-order valence-corrected chi connectivity index (χ3v) is 2.50. The number of benzene rings is 1.